The van der Waals surface area contributed by atoms with Crippen LogP contribution in [0.4, 0.5) is 5.82 Å². The zero-order valence-electron chi connectivity index (χ0n) is 9.02. The summed E-state index contributed by atoms with van der Waals surface area (Å²) in [4.78, 5) is 33.2. The quantitative estimate of drug-likeness (QED) is 0.660. The molecule has 0 radical (unpaired) electrons. The summed E-state index contributed by atoms with van der Waals surface area (Å²) in [6.45, 7) is 0. The third-order valence-corrected chi connectivity index (χ3v) is 2.38. The van der Waals surface area contributed by atoms with Gasteiger partial charge in [0, 0.05) is 0 Å². The molecule has 9 nitrogen and oxygen atoms in total. The molecular weight excluding hydrogens is 242 g/mol. The van der Waals surface area contributed by atoms with E-state index in [1.807, 2.05) is 0 Å². The number of aliphatic carboxylic acids is 2. The molecule has 1 unspecified atom stereocenters. The zero-order chi connectivity index (χ0) is 13.3. The number of carboxylic acids is 2. The van der Waals surface area contributed by atoms with E-state index in [1.54, 1.807) is 0 Å². The molecule has 0 aliphatic heterocycles. The average Bonchev–Trinajstić information content (AvgIpc) is 2.70. The maximum Gasteiger partial charge on any atom is 0.327 e. The number of carboxylic acid groups (broad SMARTS) is 2. The van der Waals surface area contributed by atoms with Gasteiger partial charge >= 0.3 is 11.9 Å². The van der Waals surface area contributed by atoms with E-state index in [2.05, 4.69) is 15.0 Å². The second-order valence-electron chi connectivity index (χ2n) is 3.53. The van der Waals surface area contributed by atoms with Crippen LogP contribution in [0.2, 0.25) is 0 Å². The highest BCUT2D eigenvalue weighted by Crippen LogP contribution is 2.20. The van der Waals surface area contributed by atoms with Crippen LogP contribution in [0.25, 0.3) is 11.2 Å². The zero-order valence-corrected chi connectivity index (χ0v) is 9.02. The number of hydrogen-bond acceptors (Lipinski definition) is 6. The van der Waals surface area contributed by atoms with Gasteiger partial charge in [0.2, 0.25) is 0 Å². The Kier molecular flexibility index (Phi) is 2.80. The first-order chi connectivity index (χ1) is 8.50. The van der Waals surface area contributed by atoms with Gasteiger partial charge in [0.1, 0.15) is 17.9 Å². The Balaban J connectivity index is 2.54. The van der Waals surface area contributed by atoms with Gasteiger partial charge in [-0.3, -0.25) is 4.79 Å². The van der Waals surface area contributed by atoms with E-state index in [-0.39, 0.29) is 17.0 Å². The van der Waals surface area contributed by atoms with Crippen LogP contribution in [0.3, 0.4) is 0 Å². The van der Waals surface area contributed by atoms with Gasteiger partial charge in [-0.1, -0.05) is 0 Å². The predicted molar refractivity (Wildman–Crippen MR) is 58.7 cm³/mol. The second-order valence-corrected chi connectivity index (χ2v) is 3.53. The number of aromatic nitrogens is 4. The molecule has 0 fully saturated rings. The minimum Gasteiger partial charge on any atom is -0.481 e. The number of nitrogen functional groups attached to an aromatic ring is 1. The molecule has 2 aromatic rings. The van der Waals surface area contributed by atoms with Crippen molar-refractivity contribution in [2.45, 2.75) is 12.5 Å². The van der Waals surface area contributed by atoms with Crippen molar-refractivity contribution in [1.82, 2.24) is 19.5 Å². The lowest BCUT2D eigenvalue weighted by Gasteiger charge is -2.11. The molecular formula is C9H9N5O4. The van der Waals surface area contributed by atoms with Crippen LogP contribution in [0, 0.1) is 0 Å². The van der Waals surface area contributed by atoms with E-state index in [1.165, 1.54) is 6.33 Å². The minimum absolute atomic E-state index is 0.109. The maximum absolute atomic E-state index is 11.1. The third kappa shape index (κ3) is 1.93. The fourth-order valence-corrected chi connectivity index (χ4v) is 1.57. The number of anilines is 1. The van der Waals surface area contributed by atoms with Gasteiger partial charge in [-0.2, -0.15) is 0 Å². The van der Waals surface area contributed by atoms with Crippen LogP contribution < -0.4 is 5.73 Å². The number of nitrogens with zero attached hydrogens (tertiary/aromatic N) is 4. The molecule has 4 N–H and O–H groups in total. The molecule has 0 aromatic carbocycles. The second kappa shape index (κ2) is 4.28. The Labute approximate surface area is 99.9 Å². The summed E-state index contributed by atoms with van der Waals surface area (Å²) in [6, 6.07) is -1.29. The lowest BCUT2D eigenvalue weighted by Crippen LogP contribution is -2.22. The van der Waals surface area contributed by atoms with Crippen molar-refractivity contribution in [1.29, 1.82) is 0 Å². The Bertz CT molecular complexity index is 622. The summed E-state index contributed by atoms with van der Waals surface area (Å²) in [7, 11) is 0. The topological polar surface area (TPSA) is 144 Å². The van der Waals surface area contributed by atoms with Crippen LogP contribution in [-0.2, 0) is 9.59 Å². The molecule has 2 aromatic heterocycles. The van der Waals surface area contributed by atoms with Gasteiger partial charge in [-0.15, -0.1) is 0 Å². The molecule has 0 saturated heterocycles. The fraction of sp³-hybridized carbons (Fsp3) is 0.222. The molecule has 2 heterocycles. The Morgan fingerprint density at radius 1 is 1.33 bits per heavy atom. The average molecular weight is 251 g/mol. The van der Waals surface area contributed by atoms with E-state index >= 15 is 0 Å². The first-order valence-corrected chi connectivity index (χ1v) is 4.88. The van der Waals surface area contributed by atoms with E-state index in [0.717, 1.165) is 10.9 Å². The monoisotopic (exact) mass is 251 g/mol. The first kappa shape index (κ1) is 11.8. The van der Waals surface area contributed by atoms with Crippen molar-refractivity contribution in [3.05, 3.63) is 12.7 Å². The number of hydrogen-bond donors (Lipinski definition) is 3. The maximum atomic E-state index is 11.1. The molecule has 9 heteroatoms. The lowest BCUT2D eigenvalue weighted by atomic mass is 10.2. The molecule has 18 heavy (non-hydrogen) atoms. The first-order valence-electron chi connectivity index (χ1n) is 4.88. The molecule has 0 saturated carbocycles. The summed E-state index contributed by atoms with van der Waals surface area (Å²) in [5.74, 6) is -2.40. The normalized spacial score (nSPS) is 12.4. The number of imidazole rings is 1. The van der Waals surface area contributed by atoms with Crippen molar-refractivity contribution >= 4 is 28.9 Å². The van der Waals surface area contributed by atoms with E-state index < -0.39 is 24.4 Å². The molecule has 0 amide bonds. The van der Waals surface area contributed by atoms with Gasteiger partial charge in [-0.25, -0.2) is 19.7 Å². The molecule has 2 rings (SSSR count). The lowest BCUT2D eigenvalue weighted by molar-refractivity contribution is -0.147. The summed E-state index contributed by atoms with van der Waals surface area (Å²) >= 11 is 0. The van der Waals surface area contributed by atoms with Gasteiger partial charge < -0.3 is 20.5 Å². The highest BCUT2D eigenvalue weighted by molar-refractivity contribution is 5.85. The van der Waals surface area contributed by atoms with Crippen molar-refractivity contribution in [3.8, 4) is 0 Å². The van der Waals surface area contributed by atoms with E-state index in [0.29, 0.717) is 0 Å². The largest absolute Gasteiger partial charge is 0.481 e. The van der Waals surface area contributed by atoms with Crippen LogP contribution in [0.15, 0.2) is 12.7 Å². The van der Waals surface area contributed by atoms with Crippen molar-refractivity contribution in [3.63, 3.8) is 0 Å². The van der Waals surface area contributed by atoms with Crippen LogP contribution in [0.5, 0.6) is 0 Å². The Morgan fingerprint density at radius 3 is 2.67 bits per heavy atom. The number of rotatable bonds is 4. The Hall–Kier alpha value is -2.71. The summed E-state index contributed by atoms with van der Waals surface area (Å²) in [5, 5.41) is 17.7. The van der Waals surface area contributed by atoms with Crippen LogP contribution in [0.1, 0.15) is 12.5 Å². The SMILES string of the molecule is Nc1ncnc2c1ncn2C(CC(=O)O)C(=O)O. The highest BCUT2D eigenvalue weighted by atomic mass is 16.4. The van der Waals surface area contributed by atoms with Crippen molar-refractivity contribution in [2.75, 3.05) is 5.73 Å². The van der Waals surface area contributed by atoms with Gasteiger partial charge in [0.25, 0.3) is 0 Å². The molecule has 1 atom stereocenters. The highest BCUT2D eigenvalue weighted by Gasteiger charge is 2.25. The summed E-state index contributed by atoms with van der Waals surface area (Å²) in [6.07, 6.45) is 1.78. The predicted octanol–water partition coefficient (Wildman–Crippen LogP) is -0.491. The molecule has 94 valence electrons. The number of carbonyl (C=O) groups is 2. The molecule has 0 bridgehead atoms. The van der Waals surface area contributed by atoms with Gasteiger partial charge in [-0.05, 0) is 0 Å². The van der Waals surface area contributed by atoms with E-state index in [9.17, 15) is 9.59 Å². The van der Waals surface area contributed by atoms with Crippen LogP contribution in [-0.4, -0.2) is 41.7 Å². The fourth-order valence-electron chi connectivity index (χ4n) is 1.57. The van der Waals surface area contributed by atoms with Crippen molar-refractivity contribution < 1.29 is 19.8 Å². The van der Waals surface area contributed by atoms with Crippen LogP contribution >= 0.6 is 0 Å². The third-order valence-electron chi connectivity index (χ3n) is 2.38. The summed E-state index contributed by atoms with van der Waals surface area (Å²) < 4.78 is 1.16. The molecule has 0 spiro atoms. The number of nitrogens with two attached hydrogens (primary N) is 1. The van der Waals surface area contributed by atoms with E-state index in [4.69, 9.17) is 15.9 Å². The minimum atomic E-state index is -1.29. The standard InChI is InChI=1S/C9H9N5O4/c10-7-6-8(12-2-11-7)14(3-13-6)4(9(17)18)1-5(15)16/h2-4H,1H2,(H,15,16)(H,17,18)(H2,10,11,12). The summed E-state index contributed by atoms with van der Waals surface area (Å²) in [5.41, 5.74) is 5.99. The Morgan fingerprint density at radius 2 is 2.06 bits per heavy atom. The smallest absolute Gasteiger partial charge is 0.327 e. The van der Waals surface area contributed by atoms with Crippen molar-refractivity contribution in [2.24, 2.45) is 0 Å². The molecule has 0 aliphatic rings. The van der Waals surface area contributed by atoms with Gasteiger partial charge in [0.05, 0.1) is 12.7 Å². The molecule has 0 aliphatic carbocycles. The van der Waals surface area contributed by atoms with Gasteiger partial charge in [0.15, 0.2) is 11.5 Å². The number of fused-ring (bicyclic) bond motifs is 1.